The van der Waals surface area contributed by atoms with Crippen molar-refractivity contribution in [1.82, 2.24) is 0 Å². The highest BCUT2D eigenvalue weighted by Crippen LogP contribution is 2.44. The van der Waals surface area contributed by atoms with E-state index >= 15 is 0 Å². The van der Waals surface area contributed by atoms with E-state index in [2.05, 4.69) is 57.5 Å². The van der Waals surface area contributed by atoms with Crippen molar-refractivity contribution in [3.05, 3.63) is 22.2 Å². The molecule has 0 aliphatic heterocycles. The number of methoxy groups -OCH3 is 2. The van der Waals surface area contributed by atoms with Crippen LogP contribution in [0.5, 0.6) is 11.5 Å². The Kier molecular flexibility index (Phi) is 10.3. The summed E-state index contributed by atoms with van der Waals surface area (Å²) in [5, 5.41) is 0. The largest absolute Gasteiger partial charge is 0.468 e. The Bertz CT molecular complexity index is 556. The van der Waals surface area contributed by atoms with E-state index < -0.39 is 8.32 Å². The van der Waals surface area contributed by atoms with Crippen LogP contribution in [0.3, 0.4) is 0 Å². The van der Waals surface area contributed by atoms with Gasteiger partial charge in [-0.1, -0.05) is 41.5 Å². The number of ether oxygens (including phenoxy) is 4. The highest BCUT2D eigenvalue weighted by atomic mass is 79.9. The topological polar surface area (TPSA) is 46.2 Å². The van der Waals surface area contributed by atoms with Crippen molar-refractivity contribution in [2.45, 2.75) is 64.8 Å². The molecule has 1 aromatic carbocycles. The summed E-state index contributed by atoms with van der Waals surface area (Å²) in [7, 11) is 1.21. The third-order valence-corrected chi connectivity index (χ3v) is 11.6. The van der Waals surface area contributed by atoms with Crippen LogP contribution in [0, 0.1) is 0 Å². The highest BCUT2D eigenvalue weighted by Gasteiger charge is 2.45. The average Bonchev–Trinajstić information content (AvgIpc) is 2.58. The maximum atomic E-state index is 6.75. The maximum Gasteiger partial charge on any atom is 0.200 e. The van der Waals surface area contributed by atoms with Gasteiger partial charge in [0.05, 0.1) is 11.1 Å². The average molecular weight is 463 g/mol. The predicted octanol–water partition coefficient (Wildman–Crippen LogP) is 6.11. The van der Waals surface area contributed by atoms with Gasteiger partial charge in [0.2, 0.25) is 8.32 Å². The van der Waals surface area contributed by atoms with E-state index in [-0.39, 0.29) is 13.6 Å². The van der Waals surface area contributed by atoms with Crippen molar-refractivity contribution in [1.29, 1.82) is 0 Å². The summed E-state index contributed by atoms with van der Waals surface area (Å²) in [6.45, 7) is 14.5. The van der Waals surface area contributed by atoms with Crippen LogP contribution in [0.4, 0.5) is 0 Å². The predicted molar refractivity (Wildman–Crippen MR) is 115 cm³/mol. The second kappa shape index (κ2) is 11.4. The Labute approximate surface area is 173 Å². The molecule has 0 spiro atoms. The fourth-order valence-electron chi connectivity index (χ4n) is 3.92. The fraction of sp³-hybridized carbons (Fsp3) is 0.700. The number of halogens is 1. The normalized spacial score (nSPS) is 12.3. The van der Waals surface area contributed by atoms with Crippen LogP contribution in [-0.2, 0) is 20.5 Å². The summed E-state index contributed by atoms with van der Waals surface area (Å²) < 4.78 is 29.1. The molecule has 0 aromatic heterocycles. The molecule has 0 heterocycles. The minimum atomic E-state index is -1.99. The summed E-state index contributed by atoms with van der Waals surface area (Å²) in [6.07, 6.45) is 0. The van der Waals surface area contributed by atoms with Gasteiger partial charge in [0.15, 0.2) is 13.6 Å². The van der Waals surface area contributed by atoms with Gasteiger partial charge < -0.3 is 23.4 Å². The number of benzene rings is 1. The van der Waals surface area contributed by atoms with Crippen molar-refractivity contribution in [2.24, 2.45) is 0 Å². The van der Waals surface area contributed by atoms with Crippen LogP contribution >= 0.6 is 15.9 Å². The van der Waals surface area contributed by atoms with Crippen LogP contribution in [0.25, 0.3) is 0 Å². The third kappa shape index (κ3) is 6.19. The van der Waals surface area contributed by atoms with Crippen LogP contribution in [0.1, 0.15) is 47.1 Å². The zero-order chi connectivity index (χ0) is 20.6. The van der Waals surface area contributed by atoms with Crippen molar-refractivity contribution in [2.75, 3.05) is 27.8 Å². The fourth-order valence-corrected chi connectivity index (χ4v) is 9.92. The van der Waals surface area contributed by atoms with Gasteiger partial charge in [-0.05, 0) is 44.7 Å². The first-order valence-corrected chi connectivity index (χ1v) is 12.3. The second-order valence-electron chi connectivity index (χ2n) is 7.60. The lowest BCUT2D eigenvalue weighted by Crippen LogP contribution is -2.47. The molecule has 0 aliphatic rings. The van der Waals surface area contributed by atoms with E-state index in [1.54, 1.807) is 14.2 Å². The molecule has 1 aromatic rings. The molecule has 27 heavy (non-hydrogen) atoms. The van der Waals surface area contributed by atoms with E-state index in [1.807, 2.05) is 12.1 Å². The molecule has 0 amide bonds. The molecule has 0 unspecified atom stereocenters. The number of hydrogen-bond donors (Lipinski definition) is 0. The molecule has 0 saturated heterocycles. The molecule has 156 valence electrons. The molecule has 0 aliphatic carbocycles. The van der Waals surface area contributed by atoms with Gasteiger partial charge in [-0.15, -0.1) is 0 Å². The minimum Gasteiger partial charge on any atom is -0.468 e. The molecule has 5 nitrogen and oxygen atoms in total. The molecule has 1 rings (SSSR count). The molecule has 0 bridgehead atoms. The second-order valence-corrected chi connectivity index (χ2v) is 13.9. The number of rotatable bonds is 12. The SMILES string of the molecule is COCOc1cc(Br)c(OCOC)c(CO[Si](C(C)C)(C(C)C)C(C)C)c1. The van der Waals surface area contributed by atoms with Crippen LogP contribution in [0.15, 0.2) is 16.6 Å². The summed E-state index contributed by atoms with van der Waals surface area (Å²) in [4.78, 5) is 0. The first kappa shape index (κ1) is 24.4. The van der Waals surface area contributed by atoms with E-state index in [1.165, 1.54) is 0 Å². The summed E-state index contributed by atoms with van der Waals surface area (Å²) in [5.41, 5.74) is 2.47. The Morgan fingerprint density at radius 1 is 0.852 bits per heavy atom. The van der Waals surface area contributed by atoms with Crippen LogP contribution in [0.2, 0.25) is 16.6 Å². The molecular weight excluding hydrogens is 428 g/mol. The van der Waals surface area contributed by atoms with Gasteiger partial charge in [-0.25, -0.2) is 0 Å². The van der Waals surface area contributed by atoms with Gasteiger partial charge in [-0.3, -0.25) is 0 Å². The summed E-state index contributed by atoms with van der Waals surface area (Å²) in [5.74, 6) is 1.43. The molecule has 0 radical (unpaired) electrons. The molecule has 0 N–H and O–H groups in total. The first-order chi connectivity index (χ1) is 12.7. The van der Waals surface area contributed by atoms with Gasteiger partial charge in [0.1, 0.15) is 11.5 Å². The lowest BCUT2D eigenvalue weighted by Gasteiger charge is -2.42. The van der Waals surface area contributed by atoms with E-state index in [9.17, 15) is 0 Å². The Hall–Kier alpha value is -0.603. The Balaban J connectivity index is 3.22. The Morgan fingerprint density at radius 3 is 1.85 bits per heavy atom. The standard InChI is InChI=1S/C20H35BrO5Si/c1-14(2)27(15(3)4,16(5)6)26-11-17-9-18(24-12-22-7)10-19(21)20(17)25-13-23-8/h9-10,14-16H,11-13H2,1-8H3. The third-order valence-electron chi connectivity index (χ3n) is 4.94. The minimum absolute atomic E-state index is 0.172. The van der Waals surface area contributed by atoms with Gasteiger partial charge >= 0.3 is 0 Å². The van der Waals surface area contributed by atoms with Crippen molar-refractivity contribution in [3.63, 3.8) is 0 Å². The smallest absolute Gasteiger partial charge is 0.200 e. The molecule has 0 fully saturated rings. The van der Waals surface area contributed by atoms with Crippen molar-refractivity contribution >= 4 is 24.2 Å². The molecule has 0 atom stereocenters. The summed E-state index contributed by atoms with van der Waals surface area (Å²) >= 11 is 3.58. The molecular formula is C20H35BrO5Si. The highest BCUT2D eigenvalue weighted by molar-refractivity contribution is 9.10. The monoisotopic (exact) mass is 462 g/mol. The van der Waals surface area contributed by atoms with Gasteiger partial charge in [0.25, 0.3) is 0 Å². The van der Waals surface area contributed by atoms with Crippen LogP contribution < -0.4 is 9.47 Å². The number of hydrogen-bond acceptors (Lipinski definition) is 5. The lowest BCUT2D eigenvalue weighted by molar-refractivity contribution is 0.0465. The van der Waals surface area contributed by atoms with Crippen molar-refractivity contribution < 1.29 is 23.4 Å². The van der Waals surface area contributed by atoms with Gasteiger partial charge in [0, 0.05) is 19.8 Å². The van der Waals surface area contributed by atoms with Gasteiger partial charge in [-0.2, -0.15) is 0 Å². The van der Waals surface area contributed by atoms with E-state index in [0.717, 1.165) is 15.8 Å². The molecule has 7 heteroatoms. The maximum absolute atomic E-state index is 6.75. The Morgan fingerprint density at radius 2 is 1.37 bits per heavy atom. The zero-order valence-electron chi connectivity index (χ0n) is 17.9. The first-order valence-electron chi connectivity index (χ1n) is 9.40. The zero-order valence-corrected chi connectivity index (χ0v) is 20.5. The van der Waals surface area contributed by atoms with Crippen LogP contribution in [-0.4, -0.2) is 36.1 Å². The summed E-state index contributed by atoms with van der Waals surface area (Å²) in [6, 6.07) is 3.82. The lowest BCUT2D eigenvalue weighted by atomic mass is 10.2. The van der Waals surface area contributed by atoms with E-state index in [4.69, 9.17) is 23.4 Å². The van der Waals surface area contributed by atoms with Crippen molar-refractivity contribution in [3.8, 4) is 11.5 Å². The molecule has 0 saturated carbocycles. The quantitative estimate of drug-likeness (QED) is 0.277. The van der Waals surface area contributed by atoms with E-state index in [0.29, 0.717) is 29.0 Å².